The topological polar surface area (TPSA) is 24.9 Å². The van der Waals surface area contributed by atoms with Gasteiger partial charge in [-0.25, -0.2) is 0 Å². The number of benzene rings is 1. The van der Waals surface area contributed by atoms with Gasteiger partial charge in [-0.1, -0.05) is 23.7 Å². The molecule has 1 aromatic heterocycles. The molecule has 0 aliphatic carbocycles. The third kappa shape index (κ3) is 2.40. The monoisotopic (exact) mass is 232 g/mol. The van der Waals surface area contributed by atoms with E-state index in [0.717, 1.165) is 17.1 Å². The van der Waals surface area contributed by atoms with E-state index < -0.39 is 0 Å². The normalized spacial score (nSPS) is 10.4. The lowest BCUT2D eigenvalue weighted by Crippen LogP contribution is -2.06. The Morgan fingerprint density at radius 2 is 2.19 bits per heavy atom. The summed E-state index contributed by atoms with van der Waals surface area (Å²) in [4.78, 5) is 4.13. The van der Waals surface area contributed by atoms with Crippen LogP contribution < -0.4 is 5.32 Å². The lowest BCUT2D eigenvalue weighted by molar-refractivity contribution is 0.819. The highest BCUT2D eigenvalue weighted by molar-refractivity contribution is 6.30. The summed E-state index contributed by atoms with van der Waals surface area (Å²) in [5.41, 5.74) is 3.47. The van der Waals surface area contributed by atoms with E-state index in [4.69, 9.17) is 11.6 Å². The van der Waals surface area contributed by atoms with Crippen molar-refractivity contribution in [3.63, 3.8) is 0 Å². The quantitative estimate of drug-likeness (QED) is 0.880. The molecule has 0 fully saturated rings. The molecular formula is C13H13ClN2. The molecule has 0 aliphatic heterocycles. The molecule has 82 valence electrons. The number of halogens is 1. The van der Waals surface area contributed by atoms with Gasteiger partial charge >= 0.3 is 0 Å². The molecular weight excluding hydrogens is 220 g/mol. The van der Waals surface area contributed by atoms with Crippen LogP contribution in [0, 0.1) is 0 Å². The Morgan fingerprint density at radius 3 is 2.88 bits per heavy atom. The second-order valence-electron chi connectivity index (χ2n) is 3.57. The van der Waals surface area contributed by atoms with Gasteiger partial charge in [0, 0.05) is 29.5 Å². The number of aromatic nitrogens is 1. The summed E-state index contributed by atoms with van der Waals surface area (Å²) < 4.78 is 0. The van der Waals surface area contributed by atoms with Crippen molar-refractivity contribution < 1.29 is 0 Å². The van der Waals surface area contributed by atoms with Crippen LogP contribution in [-0.4, -0.2) is 12.0 Å². The largest absolute Gasteiger partial charge is 0.316 e. The number of rotatable bonds is 3. The maximum atomic E-state index is 6.00. The van der Waals surface area contributed by atoms with Crippen LogP contribution in [-0.2, 0) is 6.54 Å². The molecule has 3 heteroatoms. The standard InChI is InChI=1S/C13H13ClN2/c1-15-8-11-7-12(14)4-5-13(11)10-3-2-6-16-9-10/h2-7,9,15H,8H2,1H3. The lowest BCUT2D eigenvalue weighted by Gasteiger charge is -2.09. The van der Waals surface area contributed by atoms with Crippen LogP contribution in [0.2, 0.25) is 5.02 Å². The molecule has 1 N–H and O–H groups in total. The van der Waals surface area contributed by atoms with Crippen molar-refractivity contribution in [2.45, 2.75) is 6.54 Å². The summed E-state index contributed by atoms with van der Waals surface area (Å²) in [6, 6.07) is 9.91. The van der Waals surface area contributed by atoms with Crippen molar-refractivity contribution in [1.82, 2.24) is 10.3 Å². The van der Waals surface area contributed by atoms with Gasteiger partial charge in [0.25, 0.3) is 0 Å². The minimum atomic E-state index is 0.762. The van der Waals surface area contributed by atoms with Crippen molar-refractivity contribution in [2.75, 3.05) is 7.05 Å². The van der Waals surface area contributed by atoms with E-state index in [1.807, 2.05) is 37.5 Å². The van der Waals surface area contributed by atoms with Crippen LogP contribution in [0.4, 0.5) is 0 Å². The molecule has 2 nitrogen and oxygen atoms in total. The fourth-order valence-electron chi connectivity index (χ4n) is 1.70. The first-order valence-electron chi connectivity index (χ1n) is 5.14. The van der Waals surface area contributed by atoms with Crippen molar-refractivity contribution in [2.24, 2.45) is 0 Å². The summed E-state index contributed by atoms with van der Waals surface area (Å²) >= 11 is 6.00. The minimum Gasteiger partial charge on any atom is -0.316 e. The van der Waals surface area contributed by atoms with Crippen LogP contribution in [0.25, 0.3) is 11.1 Å². The minimum absolute atomic E-state index is 0.762. The number of nitrogens with zero attached hydrogens (tertiary/aromatic N) is 1. The SMILES string of the molecule is CNCc1cc(Cl)ccc1-c1cccnc1. The Kier molecular flexibility index (Phi) is 3.54. The van der Waals surface area contributed by atoms with Gasteiger partial charge in [-0.15, -0.1) is 0 Å². The summed E-state index contributed by atoms with van der Waals surface area (Å²) in [6.45, 7) is 0.796. The van der Waals surface area contributed by atoms with Gasteiger partial charge < -0.3 is 5.32 Å². The van der Waals surface area contributed by atoms with E-state index in [1.165, 1.54) is 11.1 Å². The highest BCUT2D eigenvalue weighted by Crippen LogP contribution is 2.25. The van der Waals surface area contributed by atoms with Crippen molar-refractivity contribution in [3.8, 4) is 11.1 Å². The Bertz CT molecular complexity index is 469. The molecule has 0 atom stereocenters. The summed E-state index contributed by atoms with van der Waals surface area (Å²) in [6.07, 6.45) is 3.64. The zero-order valence-corrected chi connectivity index (χ0v) is 9.83. The highest BCUT2D eigenvalue weighted by Gasteiger charge is 2.05. The number of nitrogens with one attached hydrogen (secondary N) is 1. The fraction of sp³-hybridized carbons (Fsp3) is 0.154. The van der Waals surface area contributed by atoms with Gasteiger partial charge in [0.2, 0.25) is 0 Å². The van der Waals surface area contributed by atoms with E-state index in [0.29, 0.717) is 0 Å². The Labute approximate surface area is 100 Å². The predicted molar refractivity (Wildman–Crippen MR) is 67.4 cm³/mol. The Morgan fingerprint density at radius 1 is 1.31 bits per heavy atom. The average molecular weight is 233 g/mol. The van der Waals surface area contributed by atoms with Gasteiger partial charge in [0.15, 0.2) is 0 Å². The first kappa shape index (κ1) is 11.1. The van der Waals surface area contributed by atoms with E-state index in [2.05, 4.69) is 16.4 Å². The van der Waals surface area contributed by atoms with E-state index >= 15 is 0 Å². The lowest BCUT2D eigenvalue weighted by atomic mass is 10.0. The maximum absolute atomic E-state index is 6.00. The summed E-state index contributed by atoms with van der Waals surface area (Å²) in [5.74, 6) is 0. The fourth-order valence-corrected chi connectivity index (χ4v) is 1.90. The summed E-state index contributed by atoms with van der Waals surface area (Å²) in [5, 5.41) is 3.90. The molecule has 0 saturated heterocycles. The smallest absolute Gasteiger partial charge is 0.0409 e. The number of pyridine rings is 1. The van der Waals surface area contributed by atoms with Crippen molar-refractivity contribution in [3.05, 3.63) is 53.3 Å². The van der Waals surface area contributed by atoms with Crippen LogP contribution in [0.1, 0.15) is 5.56 Å². The zero-order valence-electron chi connectivity index (χ0n) is 9.07. The van der Waals surface area contributed by atoms with E-state index in [1.54, 1.807) is 6.20 Å². The van der Waals surface area contributed by atoms with Crippen LogP contribution >= 0.6 is 11.6 Å². The van der Waals surface area contributed by atoms with Crippen LogP contribution in [0.5, 0.6) is 0 Å². The molecule has 16 heavy (non-hydrogen) atoms. The number of hydrogen-bond donors (Lipinski definition) is 1. The second kappa shape index (κ2) is 5.10. The maximum Gasteiger partial charge on any atom is 0.0409 e. The molecule has 0 unspecified atom stereocenters. The van der Waals surface area contributed by atoms with Crippen LogP contribution in [0.3, 0.4) is 0 Å². The molecule has 1 aromatic carbocycles. The first-order valence-corrected chi connectivity index (χ1v) is 5.52. The molecule has 0 radical (unpaired) electrons. The van der Waals surface area contributed by atoms with Gasteiger partial charge in [0.05, 0.1) is 0 Å². The molecule has 0 amide bonds. The molecule has 0 aliphatic rings. The molecule has 2 aromatic rings. The molecule has 0 spiro atoms. The zero-order chi connectivity index (χ0) is 11.4. The number of hydrogen-bond acceptors (Lipinski definition) is 2. The van der Waals surface area contributed by atoms with Gasteiger partial charge in [-0.2, -0.15) is 0 Å². The van der Waals surface area contributed by atoms with Gasteiger partial charge in [-0.05, 0) is 36.4 Å². The Hall–Kier alpha value is -1.38. The third-order valence-corrected chi connectivity index (χ3v) is 2.64. The van der Waals surface area contributed by atoms with E-state index in [-0.39, 0.29) is 0 Å². The van der Waals surface area contributed by atoms with Crippen molar-refractivity contribution >= 4 is 11.6 Å². The van der Waals surface area contributed by atoms with Gasteiger partial charge in [0.1, 0.15) is 0 Å². The molecule has 0 saturated carbocycles. The molecule has 2 rings (SSSR count). The Balaban J connectivity index is 2.48. The first-order chi connectivity index (χ1) is 7.81. The van der Waals surface area contributed by atoms with Gasteiger partial charge in [-0.3, -0.25) is 4.98 Å². The predicted octanol–water partition coefficient (Wildman–Crippen LogP) is 3.12. The summed E-state index contributed by atoms with van der Waals surface area (Å²) in [7, 11) is 1.92. The van der Waals surface area contributed by atoms with Crippen molar-refractivity contribution in [1.29, 1.82) is 0 Å². The molecule has 1 heterocycles. The van der Waals surface area contributed by atoms with E-state index in [9.17, 15) is 0 Å². The molecule has 0 bridgehead atoms. The second-order valence-corrected chi connectivity index (χ2v) is 4.01. The third-order valence-electron chi connectivity index (χ3n) is 2.41. The highest BCUT2D eigenvalue weighted by atomic mass is 35.5. The van der Waals surface area contributed by atoms with Crippen LogP contribution in [0.15, 0.2) is 42.7 Å². The average Bonchev–Trinajstić information content (AvgIpc) is 2.31.